The molecule has 0 unspecified atom stereocenters. The van der Waals surface area contributed by atoms with Gasteiger partial charge in [-0.3, -0.25) is 4.79 Å². The molecule has 0 spiro atoms. The summed E-state index contributed by atoms with van der Waals surface area (Å²) in [6.07, 6.45) is 1.74. The van der Waals surface area contributed by atoms with Crippen LogP contribution in [0.1, 0.15) is 35.1 Å². The Balaban J connectivity index is 2.30. The molecule has 3 aromatic heterocycles. The number of nitrogens with zero attached hydrogens (tertiary/aromatic N) is 4. The van der Waals surface area contributed by atoms with Gasteiger partial charge in [-0.05, 0) is 39.0 Å². The highest BCUT2D eigenvalue weighted by Gasteiger charge is 2.19. The van der Waals surface area contributed by atoms with Crippen molar-refractivity contribution in [2.75, 3.05) is 14.1 Å². The molecule has 3 aromatic rings. The second-order valence-corrected chi connectivity index (χ2v) is 7.37. The van der Waals surface area contributed by atoms with E-state index in [1.54, 1.807) is 36.5 Å². The molecule has 0 aliphatic heterocycles. The SMILES string of the molecule is Cc1ccc(-c2cc(C(=O)N(C)C)c3cnn(C(C)C)c3n2)s1. The third-order valence-corrected chi connectivity index (χ3v) is 4.71. The van der Waals surface area contributed by atoms with Crippen LogP contribution in [-0.4, -0.2) is 39.7 Å². The third kappa shape index (κ3) is 2.74. The molecule has 0 aliphatic rings. The lowest BCUT2D eigenvalue weighted by Gasteiger charge is -2.13. The number of thiophene rings is 1. The van der Waals surface area contributed by atoms with Gasteiger partial charge in [-0.25, -0.2) is 9.67 Å². The minimum Gasteiger partial charge on any atom is -0.345 e. The average molecular weight is 328 g/mol. The maximum Gasteiger partial charge on any atom is 0.254 e. The summed E-state index contributed by atoms with van der Waals surface area (Å²) in [6, 6.07) is 6.18. The van der Waals surface area contributed by atoms with Gasteiger partial charge in [0, 0.05) is 25.0 Å². The first kappa shape index (κ1) is 15.7. The van der Waals surface area contributed by atoms with Crippen LogP contribution in [0.4, 0.5) is 0 Å². The van der Waals surface area contributed by atoms with E-state index in [9.17, 15) is 4.79 Å². The third-order valence-electron chi connectivity index (χ3n) is 3.69. The van der Waals surface area contributed by atoms with Crippen molar-refractivity contribution < 1.29 is 4.79 Å². The van der Waals surface area contributed by atoms with Crippen molar-refractivity contribution in [1.82, 2.24) is 19.7 Å². The topological polar surface area (TPSA) is 51.0 Å². The minimum absolute atomic E-state index is 0.0322. The summed E-state index contributed by atoms with van der Waals surface area (Å²) in [7, 11) is 3.52. The average Bonchev–Trinajstić information content (AvgIpc) is 3.11. The quantitative estimate of drug-likeness (QED) is 0.736. The second kappa shape index (κ2) is 5.77. The molecule has 0 aliphatic carbocycles. The Labute approximate surface area is 139 Å². The highest BCUT2D eigenvalue weighted by atomic mass is 32.1. The Kier molecular flexibility index (Phi) is 3.93. The van der Waals surface area contributed by atoms with E-state index in [1.807, 2.05) is 16.8 Å². The zero-order valence-electron chi connectivity index (χ0n) is 14.0. The van der Waals surface area contributed by atoms with Gasteiger partial charge in [-0.1, -0.05) is 0 Å². The molecule has 5 nitrogen and oxygen atoms in total. The van der Waals surface area contributed by atoms with Crippen LogP contribution < -0.4 is 0 Å². The molecule has 0 saturated carbocycles. The summed E-state index contributed by atoms with van der Waals surface area (Å²) in [6.45, 7) is 6.18. The molecule has 0 fully saturated rings. The Morgan fingerprint density at radius 3 is 2.61 bits per heavy atom. The fourth-order valence-corrected chi connectivity index (χ4v) is 3.34. The molecule has 6 heteroatoms. The summed E-state index contributed by atoms with van der Waals surface area (Å²) in [5, 5.41) is 5.22. The van der Waals surface area contributed by atoms with Gasteiger partial charge in [-0.15, -0.1) is 11.3 Å². The van der Waals surface area contributed by atoms with Crippen molar-refractivity contribution in [2.45, 2.75) is 26.8 Å². The summed E-state index contributed by atoms with van der Waals surface area (Å²) in [4.78, 5) is 21.2. The molecule has 0 bridgehead atoms. The van der Waals surface area contributed by atoms with E-state index in [0.29, 0.717) is 5.56 Å². The number of carbonyl (C=O) groups excluding carboxylic acids is 1. The molecule has 3 rings (SSSR count). The standard InChI is InChI=1S/C17H20N4OS/c1-10(2)21-16-13(9-18-21)12(17(22)20(4)5)8-14(19-16)15-7-6-11(3)23-15/h6-10H,1-5H3. The van der Waals surface area contributed by atoms with E-state index in [-0.39, 0.29) is 11.9 Å². The monoisotopic (exact) mass is 328 g/mol. The number of aromatic nitrogens is 3. The number of hydrogen-bond donors (Lipinski definition) is 0. The lowest BCUT2D eigenvalue weighted by molar-refractivity contribution is 0.0829. The number of hydrogen-bond acceptors (Lipinski definition) is 4. The Bertz CT molecular complexity index is 876. The van der Waals surface area contributed by atoms with Crippen molar-refractivity contribution in [3.8, 4) is 10.6 Å². The van der Waals surface area contributed by atoms with Gasteiger partial charge in [0.05, 0.1) is 27.7 Å². The van der Waals surface area contributed by atoms with Gasteiger partial charge in [0.25, 0.3) is 5.91 Å². The highest BCUT2D eigenvalue weighted by Crippen LogP contribution is 2.30. The molecule has 0 radical (unpaired) electrons. The predicted octanol–water partition coefficient (Wildman–Crippen LogP) is 3.75. The first-order chi connectivity index (χ1) is 10.9. The maximum absolute atomic E-state index is 12.6. The van der Waals surface area contributed by atoms with Crippen molar-refractivity contribution in [3.05, 3.63) is 34.8 Å². The van der Waals surface area contributed by atoms with Gasteiger partial charge >= 0.3 is 0 Å². The van der Waals surface area contributed by atoms with Crippen LogP contribution in [0.3, 0.4) is 0 Å². The lowest BCUT2D eigenvalue weighted by atomic mass is 10.1. The summed E-state index contributed by atoms with van der Waals surface area (Å²) < 4.78 is 1.87. The molecular weight excluding hydrogens is 308 g/mol. The van der Waals surface area contributed by atoms with Gasteiger partial charge in [0.2, 0.25) is 0 Å². The van der Waals surface area contributed by atoms with Gasteiger partial charge < -0.3 is 4.90 Å². The highest BCUT2D eigenvalue weighted by molar-refractivity contribution is 7.15. The first-order valence-electron chi connectivity index (χ1n) is 7.55. The van der Waals surface area contributed by atoms with Crippen molar-refractivity contribution in [1.29, 1.82) is 0 Å². The summed E-state index contributed by atoms with van der Waals surface area (Å²) >= 11 is 1.68. The summed E-state index contributed by atoms with van der Waals surface area (Å²) in [5.74, 6) is -0.0322. The van der Waals surface area contributed by atoms with E-state index >= 15 is 0 Å². The Hall–Kier alpha value is -2.21. The molecule has 0 atom stereocenters. The number of aryl methyl sites for hydroxylation is 1. The van der Waals surface area contributed by atoms with Gasteiger partial charge in [-0.2, -0.15) is 5.10 Å². The fraction of sp³-hybridized carbons (Fsp3) is 0.353. The van der Waals surface area contributed by atoms with E-state index in [0.717, 1.165) is 21.6 Å². The fourth-order valence-electron chi connectivity index (χ4n) is 2.51. The molecule has 3 heterocycles. The normalized spacial score (nSPS) is 11.4. The Morgan fingerprint density at radius 1 is 1.30 bits per heavy atom. The van der Waals surface area contributed by atoms with Crippen LogP contribution in [0.2, 0.25) is 0 Å². The minimum atomic E-state index is -0.0322. The lowest BCUT2D eigenvalue weighted by Crippen LogP contribution is -2.22. The van der Waals surface area contributed by atoms with Crippen LogP contribution >= 0.6 is 11.3 Å². The Morgan fingerprint density at radius 2 is 2.04 bits per heavy atom. The van der Waals surface area contributed by atoms with Gasteiger partial charge in [0.15, 0.2) is 5.65 Å². The van der Waals surface area contributed by atoms with Crippen LogP contribution in [0, 0.1) is 6.92 Å². The molecular formula is C17H20N4OS. The van der Waals surface area contributed by atoms with E-state index in [4.69, 9.17) is 4.98 Å². The predicted molar refractivity (Wildman–Crippen MR) is 94.0 cm³/mol. The zero-order valence-corrected chi connectivity index (χ0v) is 14.8. The number of rotatable bonds is 3. The van der Waals surface area contributed by atoms with Crippen molar-refractivity contribution in [3.63, 3.8) is 0 Å². The zero-order chi connectivity index (χ0) is 16.7. The number of amides is 1. The number of carbonyl (C=O) groups is 1. The molecule has 120 valence electrons. The van der Waals surface area contributed by atoms with Crippen LogP contribution in [-0.2, 0) is 0 Å². The first-order valence-corrected chi connectivity index (χ1v) is 8.37. The molecule has 0 N–H and O–H groups in total. The van der Waals surface area contributed by atoms with Crippen LogP contribution in [0.15, 0.2) is 24.4 Å². The summed E-state index contributed by atoms with van der Waals surface area (Å²) in [5.41, 5.74) is 2.23. The largest absolute Gasteiger partial charge is 0.345 e. The molecule has 0 saturated heterocycles. The van der Waals surface area contributed by atoms with Crippen LogP contribution in [0.25, 0.3) is 21.6 Å². The smallest absolute Gasteiger partial charge is 0.254 e. The van der Waals surface area contributed by atoms with Gasteiger partial charge in [0.1, 0.15) is 0 Å². The van der Waals surface area contributed by atoms with E-state index in [2.05, 4.69) is 31.9 Å². The van der Waals surface area contributed by atoms with Crippen LogP contribution in [0.5, 0.6) is 0 Å². The van der Waals surface area contributed by atoms with E-state index < -0.39 is 0 Å². The maximum atomic E-state index is 12.6. The van der Waals surface area contributed by atoms with E-state index in [1.165, 1.54) is 4.88 Å². The second-order valence-electron chi connectivity index (χ2n) is 6.09. The number of pyridine rings is 1. The molecule has 23 heavy (non-hydrogen) atoms. The molecule has 1 amide bonds. The van der Waals surface area contributed by atoms with Crippen molar-refractivity contribution >= 4 is 28.3 Å². The van der Waals surface area contributed by atoms with Crippen molar-refractivity contribution in [2.24, 2.45) is 0 Å². The molecule has 0 aromatic carbocycles. The number of fused-ring (bicyclic) bond motifs is 1.